The van der Waals surface area contributed by atoms with E-state index in [0.29, 0.717) is 11.8 Å². The van der Waals surface area contributed by atoms with E-state index in [2.05, 4.69) is 134 Å². The summed E-state index contributed by atoms with van der Waals surface area (Å²) in [6.07, 6.45) is 34.1. The molecule has 0 saturated carbocycles. The summed E-state index contributed by atoms with van der Waals surface area (Å²) < 4.78 is 0. The Balaban J connectivity index is 1.16. The molecular formula is C43H32N2. The minimum absolute atomic E-state index is 0.151. The molecule has 1 spiro atoms. The van der Waals surface area contributed by atoms with Gasteiger partial charge in [-0.05, 0) is 86.7 Å². The van der Waals surface area contributed by atoms with Crippen LogP contribution >= 0.6 is 0 Å². The van der Waals surface area contributed by atoms with Gasteiger partial charge in [0.2, 0.25) is 0 Å². The molecule has 1 aromatic heterocycles. The first-order valence-electron chi connectivity index (χ1n) is 16.3. The molecule has 6 aliphatic carbocycles. The zero-order valence-electron chi connectivity index (χ0n) is 25.0. The van der Waals surface area contributed by atoms with E-state index in [9.17, 15) is 0 Å². The van der Waals surface area contributed by atoms with E-state index in [1.807, 2.05) is 12.4 Å². The van der Waals surface area contributed by atoms with Gasteiger partial charge in [0.15, 0.2) is 0 Å². The van der Waals surface area contributed by atoms with Gasteiger partial charge in [0.1, 0.15) is 0 Å². The molecule has 5 unspecified atom stereocenters. The number of benzene rings is 2. The van der Waals surface area contributed by atoms with E-state index in [0.717, 1.165) is 18.5 Å². The van der Waals surface area contributed by atoms with Crippen molar-refractivity contribution >= 4 is 17.4 Å². The zero-order valence-corrected chi connectivity index (χ0v) is 25.0. The van der Waals surface area contributed by atoms with Crippen molar-refractivity contribution in [3.8, 4) is 11.3 Å². The lowest BCUT2D eigenvalue weighted by atomic mass is 9.64. The minimum Gasteiger partial charge on any atom is -0.284 e. The predicted octanol–water partition coefficient (Wildman–Crippen LogP) is 9.34. The van der Waals surface area contributed by atoms with Crippen molar-refractivity contribution < 1.29 is 0 Å². The van der Waals surface area contributed by atoms with E-state index < -0.39 is 0 Å². The molecular weight excluding hydrogens is 544 g/mol. The molecule has 45 heavy (non-hydrogen) atoms. The highest BCUT2D eigenvalue weighted by Gasteiger charge is 2.59. The maximum absolute atomic E-state index is 5.09. The van der Waals surface area contributed by atoms with Gasteiger partial charge in [0.05, 0.1) is 17.2 Å². The lowest BCUT2D eigenvalue weighted by molar-refractivity contribution is 0.441. The summed E-state index contributed by atoms with van der Waals surface area (Å²) >= 11 is 0. The topological polar surface area (TPSA) is 25.2 Å². The molecule has 0 saturated heterocycles. The molecule has 2 heteroatoms. The molecule has 2 aromatic carbocycles. The Kier molecular flexibility index (Phi) is 5.31. The third-order valence-electron chi connectivity index (χ3n) is 11.1. The fourth-order valence-electron chi connectivity index (χ4n) is 9.32. The van der Waals surface area contributed by atoms with Crippen molar-refractivity contribution in [3.63, 3.8) is 0 Å². The summed E-state index contributed by atoms with van der Waals surface area (Å²) in [7, 11) is 0. The van der Waals surface area contributed by atoms with E-state index in [1.165, 1.54) is 55.7 Å². The maximum Gasteiger partial charge on any atom is 0.0826 e. The Morgan fingerprint density at radius 3 is 2.67 bits per heavy atom. The average molecular weight is 577 g/mol. The Bertz CT molecular complexity index is 2120. The third kappa shape index (κ3) is 3.40. The molecule has 1 aliphatic heterocycles. The van der Waals surface area contributed by atoms with Crippen LogP contribution in [0.2, 0.25) is 0 Å². The molecule has 0 fully saturated rings. The highest BCUT2D eigenvalue weighted by molar-refractivity contribution is 5.90. The molecule has 214 valence electrons. The number of fused-ring (bicyclic) bond motifs is 12. The Hall–Kier alpha value is -5.08. The van der Waals surface area contributed by atoms with Gasteiger partial charge < -0.3 is 0 Å². The van der Waals surface area contributed by atoms with E-state index in [4.69, 9.17) is 9.98 Å². The van der Waals surface area contributed by atoms with Crippen molar-refractivity contribution in [1.82, 2.24) is 4.98 Å². The lowest BCUT2D eigenvalue weighted by Gasteiger charge is -2.38. The molecule has 0 bridgehead atoms. The van der Waals surface area contributed by atoms with E-state index in [-0.39, 0.29) is 17.4 Å². The second kappa shape index (κ2) is 9.46. The summed E-state index contributed by atoms with van der Waals surface area (Å²) in [6.45, 7) is 0. The van der Waals surface area contributed by atoms with Crippen LogP contribution in [0.25, 0.3) is 22.4 Å². The SMILES string of the molecule is C1=CC2=C(c3ccc4c(c3)C3(C5=C(C=CCC5)C5N=CC=CC53)c3cccnc3-4)C=C3C=CC(c4ccccc4)=CC3C2C=C1. The average Bonchev–Trinajstić information content (AvgIpc) is 3.58. The molecule has 2 heterocycles. The largest absolute Gasteiger partial charge is 0.284 e. The molecule has 0 N–H and O–H groups in total. The third-order valence-corrected chi connectivity index (χ3v) is 11.1. The van der Waals surface area contributed by atoms with Crippen LogP contribution < -0.4 is 0 Å². The van der Waals surface area contributed by atoms with Gasteiger partial charge in [-0.2, -0.15) is 0 Å². The van der Waals surface area contributed by atoms with Gasteiger partial charge in [0, 0.05) is 35.7 Å². The Labute approximate surface area is 264 Å². The Morgan fingerprint density at radius 2 is 1.71 bits per heavy atom. The van der Waals surface area contributed by atoms with Crippen LogP contribution in [-0.4, -0.2) is 17.2 Å². The molecule has 2 nitrogen and oxygen atoms in total. The zero-order chi connectivity index (χ0) is 29.5. The summed E-state index contributed by atoms with van der Waals surface area (Å²) in [6, 6.07) is 22.6. The van der Waals surface area contributed by atoms with Crippen LogP contribution in [-0.2, 0) is 5.41 Å². The van der Waals surface area contributed by atoms with Crippen molar-refractivity contribution in [2.24, 2.45) is 22.7 Å². The number of dihydropyridines is 1. The van der Waals surface area contributed by atoms with Gasteiger partial charge in [-0.15, -0.1) is 0 Å². The van der Waals surface area contributed by atoms with Crippen molar-refractivity contribution in [2.45, 2.75) is 24.3 Å². The summed E-state index contributed by atoms with van der Waals surface area (Å²) in [4.78, 5) is 10.1. The maximum atomic E-state index is 5.09. The van der Waals surface area contributed by atoms with E-state index in [1.54, 1.807) is 5.57 Å². The quantitative estimate of drug-likeness (QED) is 0.298. The number of rotatable bonds is 2. The second-order valence-electron chi connectivity index (χ2n) is 13.1. The molecule has 3 aromatic rings. The molecule has 0 amide bonds. The van der Waals surface area contributed by atoms with E-state index >= 15 is 0 Å². The number of aromatic nitrogens is 1. The van der Waals surface area contributed by atoms with Gasteiger partial charge in [-0.25, -0.2) is 0 Å². The highest BCUT2D eigenvalue weighted by Crippen LogP contribution is 2.64. The van der Waals surface area contributed by atoms with Crippen molar-refractivity contribution in [2.75, 3.05) is 0 Å². The van der Waals surface area contributed by atoms with Crippen LogP contribution in [0.3, 0.4) is 0 Å². The van der Waals surface area contributed by atoms with Crippen LogP contribution in [0.4, 0.5) is 0 Å². The van der Waals surface area contributed by atoms with Crippen molar-refractivity contribution in [3.05, 3.63) is 184 Å². The Morgan fingerprint density at radius 1 is 0.756 bits per heavy atom. The first-order valence-corrected chi connectivity index (χ1v) is 16.3. The number of hydrogen-bond donors (Lipinski definition) is 0. The normalized spacial score (nSPS) is 29.2. The molecule has 5 atom stereocenters. The lowest BCUT2D eigenvalue weighted by Crippen LogP contribution is -2.36. The summed E-state index contributed by atoms with van der Waals surface area (Å²) in [5.41, 5.74) is 15.9. The standard InChI is InChI=1S/C43H32N2/c1-2-10-27(11-3-1)28-18-19-29-25-36(32-13-5-4-12-31(32)35(29)24-28)30-20-21-34-40(26-30)43(39-17-9-23-45-42(34)39)37-15-7-6-14-33(37)41-38(43)16-8-22-44-41/h1-6,8-14,16-26,31,35,38,41H,7,15H2. The van der Waals surface area contributed by atoms with Gasteiger partial charge in [-0.3, -0.25) is 9.98 Å². The fraction of sp³-hybridized carbons (Fsp3) is 0.163. The van der Waals surface area contributed by atoms with Gasteiger partial charge in [-0.1, -0.05) is 115 Å². The fourth-order valence-corrected chi connectivity index (χ4v) is 9.32. The number of allylic oxidation sites excluding steroid dienone is 15. The molecule has 10 rings (SSSR count). The number of pyridine rings is 1. The molecule has 0 radical (unpaired) electrons. The van der Waals surface area contributed by atoms with Gasteiger partial charge in [0.25, 0.3) is 0 Å². The minimum atomic E-state index is -0.247. The monoisotopic (exact) mass is 576 g/mol. The first kappa shape index (κ1) is 25.3. The smallest absolute Gasteiger partial charge is 0.0826 e. The van der Waals surface area contributed by atoms with Gasteiger partial charge >= 0.3 is 0 Å². The van der Waals surface area contributed by atoms with Crippen LogP contribution in [0, 0.1) is 17.8 Å². The summed E-state index contributed by atoms with van der Waals surface area (Å²) in [5, 5.41) is 0. The predicted molar refractivity (Wildman–Crippen MR) is 185 cm³/mol. The summed E-state index contributed by atoms with van der Waals surface area (Å²) in [5.74, 6) is 0.871. The van der Waals surface area contributed by atoms with Crippen molar-refractivity contribution in [1.29, 1.82) is 0 Å². The molecule has 7 aliphatic rings. The van der Waals surface area contributed by atoms with Crippen LogP contribution in [0.15, 0.2) is 167 Å². The highest BCUT2D eigenvalue weighted by atomic mass is 14.9. The first-order chi connectivity index (χ1) is 22.3. The van der Waals surface area contributed by atoms with Crippen LogP contribution in [0.5, 0.6) is 0 Å². The van der Waals surface area contributed by atoms with Crippen LogP contribution in [0.1, 0.15) is 35.1 Å². The number of hydrogen-bond acceptors (Lipinski definition) is 2. The number of aliphatic imine (C=N–C) groups is 1. The second-order valence-corrected chi connectivity index (χ2v) is 13.1. The number of nitrogens with zero attached hydrogens (tertiary/aromatic N) is 2.